The van der Waals surface area contributed by atoms with Crippen LogP contribution in [0.25, 0.3) is 0 Å². The fourth-order valence-corrected chi connectivity index (χ4v) is 1.97. The Bertz CT molecular complexity index is 559. The molecule has 0 aliphatic heterocycles. The van der Waals surface area contributed by atoms with Crippen molar-refractivity contribution in [2.45, 2.75) is 26.6 Å². The summed E-state index contributed by atoms with van der Waals surface area (Å²) >= 11 is 0. The van der Waals surface area contributed by atoms with Gasteiger partial charge in [-0.25, -0.2) is 0 Å². The molecule has 0 bridgehead atoms. The molecule has 0 spiro atoms. The predicted octanol–water partition coefficient (Wildman–Crippen LogP) is 3.64. The van der Waals surface area contributed by atoms with Gasteiger partial charge in [0, 0.05) is 5.56 Å². The normalized spacial score (nSPS) is 12.0. The fraction of sp³-hybridized carbons (Fsp3) is 0.294. The summed E-state index contributed by atoms with van der Waals surface area (Å²) in [6, 6.07) is 13.5. The van der Waals surface area contributed by atoms with Crippen molar-refractivity contribution in [1.29, 1.82) is 0 Å². The van der Waals surface area contributed by atoms with Gasteiger partial charge in [-0.3, -0.25) is 0 Å². The largest absolute Gasteiger partial charge is 0.496 e. The first-order valence-electron chi connectivity index (χ1n) is 6.64. The molecule has 0 saturated heterocycles. The van der Waals surface area contributed by atoms with Crippen molar-refractivity contribution in [3.8, 4) is 11.5 Å². The molecular formula is C17H20O3. The Kier molecular flexibility index (Phi) is 4.64. The van der Waals surface area contributed by atoms with Crippen LogP contribution >= 0.6 is 0 Å². The average molecular weight is 272 g/mol. The minimum atomic E-state index is -0.501. The van der Waals surface area contributed by atoms with E-state index in [0.29, 0.717) is 6.61 Å². The Morgan fingerprint density at radius 1 is 1.10 bits per heavy atom. The smallest absolute Gasteiger partial charge is 0.125 e. The van der Waals surface area contributed by atoms with Crippen molar-refractivity contribution in [3.05, 3.63) is 59.2 Å². The van der Waals surface area contributed by atoms with Gasteiger partial charge in [0.25, 0.3) is 0 Å². The molecule has 2 aromatic carbocycles. The molecule has 2 rings (SSSR count). The Morgan fingerprint density at radius 2 is 1.80 bits per heavy atom. The first-order chi connectivity index (χ1) is 9.60. The predicted molar refractivity (Wildman–Crippen MR) is 79.1 cm³/mol. The van der Waals surface area contributed by atoms with Gasteiger partial charge in [-0.1, -0.05) is 23.8 Å². The Morgan fingerprint density at radius 3 is 2.40 bits per heavy atom. The number of hydrogen-bond donors (Lipinski definition) is 1. The van der Waals surface area contributed by atoms with Crippen LogP contribution < -0.4 is 9.47 Å². The highest BCUT2D eigenvalue weighted by Crippen LogP contribution is 2.25. The number of hydrogen-bond acceptors (Lipinski definition) is 3. The number of benzene rings is 2. The highest BCUT2D eigenvalue weighted by Gasteiger charge is 2.08. The van der Waals surface area contributed by atoms with Crippen molar-refractivity contribution in [2.75, 3.05) is 7.11 Å². The average Bonchev–Trinajstić information content (AvgIpc) is 2.46. The van der Waals surface area contributed by atoms with Crippen LogP contribution in [0.2, 0.25) is 0 Å². The van der Waals surface area contributed by atoms with Crippen LogP contribution in [-0.4, -0.2) is 12.2 Å². The molecule has 0 aliphatic carbocycles. The molecule has 20 heavy (non-hydrogen) atoms. The second-order valence-corrected chi connectivity index (χ2v) is 4.85. The third-order valence-electron chi connectivity index (χ3n) is 3.20. The van der Waals surface area contributed by atoms with Crippen molar-refractivity contribution < 1.29 is 14.6 Å². The third kappa shape index (κ3) is 3.52. The number of aryl methyl sites for hydroxylation is 1. The van der Waals surface area contributed by atoms with E-state index in [1.54, 1.807) is 14.0 Å². The molecule has 1 unspecified atom stereocenters. The van der Waals surface area contributed by atoms with E-state index in [1.807, 2.05) is 49.4 Å². The Balaban J connectivity index is 2.14. The summed E-state index contributed by atoms with van der Waals surface area (Å²) in [5.41, 5.74) is 2.98. The molecule has 2 aromatic rings. The lowest BCUT2D eigenvalue weighted by Gasteiger charge is -2.13. The zero-order valence-corrected chi connectivity index (χ0v) is 12.1. The molecule has 1 atom stereocenters. The van der Waals surface area contributed by atoms with E-state index in [-0.39, 0.29) is 0 Å². The van der Waals surface area contributed by atoms with Crippen molar-refractivity contribution in [2.24, 2.45) is 0 Å². The summed E-state index contributed by atoms with van der Waals surface area (Å²) in [5.74, 6) is 1.58. The van der Waals surface area contributed by atoms with Gasteiger partial charge in [-0.05, 0) is 43.7 Å². The van der Waals surface area contributed by atoms with Crippen LogP contribution in [0.3, 0.4) is 0 Å². The van der Waals surface area contributed by atoms with Crippen LogP contribution in [0.5, 0.6) is 11.5 Å². The lowest BCUT2D eigenvalue weighted by Crippen LogP contribution is -2.01. The molecule has 0 amide bonds. The quantitative estimate of drug-likeness (QED) is 0.903. The molecule has 0 saturated carbocycles. The van der Waals surface area contributed by atoms with E-state index < -0.39 is 6.10 Å². The monoisotopic (exact) mass is 272 g/mol. The van der Waals surface area contributed by atoms with Crippen LogP contribution in [0.4, 0.5) is 0 Å². The molecule has 106 valence electrons. The summed E-state index contributed by atoms with van der Waals surface area (Å²) in [7, 11) is 1.63. The van der Waals surface area contributed by atoms with Gasteiger partial charge in [-0.15, -0.1) is 0 Å². The maximum Gasteiger partial charge on any atom is 0.125 e. The lowest BCUT2D eigenvalue weighted by atomic mass is 10.1. The molecular weight excluding hydrogens is 252 g/mol. The maximum absolute atomic E-state index is 9.65. The van der Waals surface area contributed by atoms with Crippen LogP contribution in [-0.2, 0) is 6.61 Å². The molecule has 3 heteroatoms. The Hall–Kier alpha value is -2.00. The second kappa shape index (κ2) is 6.44. The van der Waals surface area contributed by atoms with Crippen LogP contribution in [0.1, 0.15) is 29.7 Å². The third-order valence-corrected chi connectivity index (χ3v) is 3.20. The highest BCUT2D eigenvalue weighted by atomic mass is 16.5. The van der Waals surface area contributed by atoms with Crippen molar-refractivity contribution in [3.63, 3.8) is 0 Å². The number of aliphatic hydroxyl groups is 1. The summed E-state index contributed by atoms with van der Waals surface area (Å²) in [4.78, 5) is 0. The number of ether oxygens (including phenoxy) is 2. The van der Waals surface area contributed by atoms with Gasteiger partial charge in [0.05, 0.1) is 13.2 Å². The second-order valence-electron chi connectivity index (χ2n) is 4.85. The summed E-state index contributed by atoms with van der Waals surface area (Å²) in [6.07, 6.45) is -0.501. The van der Waals surface area contributed by atoms with Crippen LogP contribution in [0, 0.1) is 6.92 Å². The molecule has 0 radical (unpaired) electrons. The topological polar surface area (TPSA) is 38.7 Å². The fourth-order valence-electron chi connectivity index (χ4n) is 1.97. The van der Waals surface area contributed by atoms with Gasteiger partial charge in [0.15, 0.2) is 0 Å². The van der Waals surface area contributed by atoms with Gasteiger partial charge in [0.2, 0.25) is 0 Å². The minimum Gasteiger partial charge on any atom is -0.496 e. The van der Waals surface area contributed by atoms with Gasteiger partial charge < -0.3 is 14.6 Å². The van der Waals surface area contributed by atoms with Gasteiger partial charge >= 0.3 is 0 Å². The van der Waals surface area contributed by atoms with E-state index in [9.17, 15) is 5.11 Å². The number of aliphatic hydroxyl groups excluding tert-OH is 1. The van der Waals surface area contributed by atoms with Crippen LogP contribution in [0.15, 0.2) is 42.5 Å². The minimum absolute atomic E-state index is 0.410. The number of methoxy groups -OCH3 is 1. The molecule has 0 aromatic heterocycles. The Labute approximate surface area is 119 Å². The SMILES string of the molecule is COc1ccc(C(C)O)cc1COc1ccc(C)cc1. The van der Waals surface area contributed by atoms with Crippen molar-refractivity contribution in [1.82, 2.24) is 0 Å². The summed E-state index contributed by atoms with van der Waals surface area (Å²) in [6.45, 7) is 4.19. The number of rotatable bonds is 5. The maximum atomic E-state index is 9.65. The summed E-state index contributed by atoms with van der Waals surface area (Å²) < 4.78 is 11.1. The zero-order chi connectivity index (χ0) is 14.5. The summed E-state index contributed by atoms with van der Waals surface area (Å²) in [5, 5.41) is 9.65. The molecule has 0 heterocycles. The molecule has 1 N–H and O–H groups in total. The molecule has 0 fully saturated rings. The zero-order valence-electron chi connectivity index (χ0n) is 12.1. The van der Waals surface area contributed by atoms with Gasteiger partial charge in [0.1, 0.15) is 18.1 Å². The lowest BCUT2D eigenvalue weighted by molar-refractivity contribution is 0.198. The van der Waals surface area contributed by atoms with E-state index in [1.165, 1.54) is 5.56 Å². The van der Waals surface area contributed by atoms with E-state index in [4.69, 9.17) is 9.47 Å². The van der Waals surface area contributed by atoms with Gasteiger partial charge in [-0.2, -0.15) is 0 Å². The highest BCUT2D eigenvalue weighted by molar-refractivity contribution is 5.38. The molecule has 3 nitrogen and oxygen atoms in total. The standard InChI is InChI=1S/C17H20O3/c1-12-4-7-16(8-5-12)20-11-15-10-14(13(2)18)6-9-17(15)19-3/h4-10,13,18H,11H2,1-3H3. The van der Waals surface area contributed by atoms with E-state index >= 15 is 0 Å². The first-order valence-corrected chi connectivity index (χ1v) is 6.64. The van der Waals surface area contributed by atoms with E-state index in [0.717, 1.165) is 22.6 Å². The van der Waals surface area contributed by atoms with Crippen molar-refractivity contribution >= 4 is 0 Å². The first kappa shape index (κ1) is 14.4. The van der Waals surface area contributed by atoms with E-state index in [2.05, 4.69) is 0 Å². The molecule has 0 aliphatic rings.